The Morgan fingerprint density at radius 3 is 2.59 bits per heavy atom. The topological polar surface area (TPSA) is 61.8 Å². The van der Waals surface area contributed by atoms with Gasteiger partial charge in [-0.3, -0.25) is 4.79 Å². The van der Waals surface area contributed by atoms with Crippen molar-refractivity contribution < 1.29 is 23.8 Å². The Kier molecular flexibility index (Phi) is 5.41. The van der Waals surface area contributed by atoms with E-state index in [1.807, 2.05) is 6.92 Å². The Morgan fingerprint density at radius 2 is 1.84 bits per heavy atom. The van der Waals surface area contributed by atoms with E-state index < -0.39 is 0 Å². The Morgan fingerprint density at radius 1 is 1.06 bits per heavy atom. The van der Waals surface area contributed by atoms with Crippen molar-refractivity contribution in [1.82, 2.24) is 0 Å². The van der Waals surface area contributed by atoms with Gasteiger partial charge in [-0.25, -0.2) is 4.79 Å². The molecule has 1 aliphatic heterocycles. The molecule has 0 bridgehead atoms. The summed E-state index contributed by atoms with van der Waals surface area (Å²) in [7, 11) is 0. The first kappa shape index (κ1) is 22.3. The van der Waals surface area contributed by atoms with Gasteiger partial charge in [0.1, 0.15) is 17.5 Å². The van der Waals surface area contributed by atoms with E-state index in [0.717, 1.165) is 56.1 Å². The highest BCUT2D eigenvalue weighted by Gasteiger charge is 2.62. The second kappa shape index (κ2) is 7.77. The molecular formula is C27H40O5. The monoisotopic (exact) mass is 444 g/mol. The molecule has 0 aromatic rings. The van der Waals surface area contributed by atoms with Gasteiger partial charge in [0.15, 0.2) is 0 Å². The number of hydrogen-bond donors (Lipinski definition) is 0. The molecule has 32 heavy (non-hydrogen) atoms. The fourth-order valence-electron chi connectivity index (χ4n) is 8.96. The molecule has 4 aliphatic carbocycles. The minimum absolute atomic E-state index is 0.0940. The van der Waals surface area contributed by atoms with Crippen LogP contribution in [0.25, 0.3) is 0 Å². The number of rotatable bonds is 3. The zero-order valence-electron chi connectivity index (χ0n) is 20.3. The van der Waals surface area contributed by atoms with E-state index in [9.17, 15) is 9.59 Å². The largest absolute Gasteiger partial charge is 0.498 e. The third-order valence-corrected chi connectivity index (χ3v) is 10.4. The number of esters is 2. The highest BCUT2D eigenvalue weighted by molar-refractivity contribution is 5.83. The SMILES string of the molecule is CCOC1=CC(=O)O[C@@]2(CC[C@@]3(C)[C@H](CC[C@@H]4[C@@H]3CC[C@]3(C)[C@@H](OC(C)=O)CC[C@@H]43)C2)C1. The summed E-state index contributed by atoms with van der Waals surface area (Å²) >= 11 is 0. The molecule has 4 fully saturated rings. The highest BCUT2D eigenvalue weighted by atomic mass is 16.6. The number of hydrogen-bond acceptors (Lipinski definition) is 5. The van der Waals surface area contributed by atoms with E-state index in [1.165, 1.54) is 25.7 Å². The van der Waals surface area contributed by atoms with Crippen molar-refractivity contribution in [3.63, 3.8) is 0 Å². The third-order valence-electron chi connectivity index (χ3n) is 10.4. The molecule has 1 spiro atoms. The van der Waals surface area contributed by atoms with Crippen LogP contribution >= 0.6 is 0 Å². The molecule has 5 aliphatic rings. The predicted octanol–water partition coefficient (Wildman–Crippen LogP) is 5.57. The fraction of sp³-hybridized carbons (Fsp3) is 0.852. The van der Waals surface area contributed by atoms with Crippen LogP contribution in [0.15, 0.2) is 11.8 Å². The average Bonchev–Trinajstić information content (AvgIpc) is 3.04. The zero-order chi connectivity index (χ0) is 22.7. The van der Waals surface area contributed by atoms with Gasteiger partial charge < -0.3 is 14.2 Å². The Hall–Kier alpha value is -1.52. The molecule has 5 heteroatoms. The van der Waals surface area contributed by atoms with Gasteiger partial charge in [0.05, 0.1) is 12.7 Å². The van der Waals surface area contributed by atoms with Crippen LogP contribution in [0.5, 0.6) is 0 Å². The summed E-state index contributed by atoms with van der Waals surface area (Å²) in [5, 5.41) is 0. The maximum Gasteiger partial charge on any atom is 0.334 e. The number of ether oxygens (including phenoxy) is 3. The lowest BCUT2D eigenvalue weighted by molar-refractivity contribution is -0.187. The van der Waals surface area contributed by atoms with Gasteiger partial charge >= 0.3 is 11.9 Å². The van der Waals surface area contributed by atoms with Gasteiger partial charge in [-0.2, -0.15) is 0 Å². The highest BCUT2D eigenvalue weighted by Crippen LogP contribution is 2.67. The molecule has 0 amide bonds. The molecule has 5 rings (SSSR count). The predicted molar refractivity (Wildman–Crippen MR) is 120 cm³/mol. The van der Waals surface area contributed by atoms with E-state index in [4.69, 9.17) is 14.2 Å². The molecule has 0 aromatic carbocycles. The third kappa shape index (κ3) is 3.40. The number of carbonyl (C=O) groups excluding carboxylic acids is 2. The number of fused-ring (bicyclic) bond motifs is 5. The van der Waals surface area contributed by atoms with Gasteiger partial charge in [0, 0.05) is 18.8 Å². The molecule has 4 saturated carbocycles. The Bertz CT molecular complexity index is 819. The van der Waals surface area contributed by atoms with E-state index in [1.54, 1.807) is 13.0 Å². The maximum atomic E-state index is 12.3. The van der Waals surface area contributed by atoms with Crippen molar-refractivity contribution in [3.05, 3.63) is 11.8 Å². The second-order valence-corrected chi connectivity index (χ2v) is 11.9. The standard InChI is InChI=1S/C27H40O5/c1-5-30-19-14-24(29)32-27(16-19)13-12-25(3)18(15-27)6-7-20-21-8-9-23(31-17(2)28)26(21,4)11-10-22(20)25/h14,18,20-23H,5-13,15-16H2,1-4H3/t18-,20+,21+,22+,23+,25+,26+,27-/m1/s1. The van der Waals surface area contributed by atoms with Crippen LogP contribution < -0.4 is 0 Å². The smallest absolute Gasteiger partial charge is 0.334 e. The summed E-state index contributed by atoms with van der Waals surface area (Å²) in [6.07, 6.45) is 12.5. The first-order valence-electron chi connectivity index (χ1n) is 12.9. The van der Waals surface area contributed by atoms with E-state index >= 15 is 0 Å². The summed E-state index contributed by atoms with van der Waals surface area (Å²) < 4.78 is 17.6. The Balaban J connectivity index is 1.34. The van der Waals surface area contributed by atoms with Crippen molar-refractivity contribution in [2.24, 2.45) is 34.5 Å². The first-order chi connectivity index (χ1) is 15.2. The summed E-state index contributed by atoms with van der Waals surface area (Å²) in [5.74, 6) is 3.17. The summed E-state index contributed by atoms with van der Waals surface area (Å²) in [5.41, 5.74) is 0.0840. The lowest BCUT2D eigenvalue weighted by atomic mass is 9.44. The number of carbonyl (C=O) groups is 2. The van der Waals surface area contributed by atoms with Crippen molar-refractivity contribution in [2.45, 2.75) is 104 Å². The lowest BCUT2D eigenvalue weighted by Gasteiger charge is -2.62. The van der Waals surface area contributed by atoms with Crippen LogP contribution in [-0.2, 0) is 23.8 Å². The van der Waals surface area contributed by atoms with Gasteiger partial charge in [-0.1, -0.05) is 13.8 Å². The summed E-state index contributed by atoms with van der Waals surface area (Å²) in [6, 6.07) is 0. The minimum atomic E-state index is -0.371. The first-order valence-corrected chi connectivity index (χ1v) is 12.9. The molecule has 0 aromatic heterocycles. The van der Waals surface area contributed by atoms with Gasteiger partial charge in [0.25, 0.3) is 0 Å². The maximum absolute atomic E-state index is 12.3. The molecule has 0 unspecified atom stereocenters. The van der Waals surface area contributed by atoms with E-state index in [2.05, 4.69) is 13.8 Å². The molecular weight excluding hydrogens is 404 g/mol. The van der Waals surface area contributed by atoms with Crippen LogP contribution in [0.3, 0.4) is 0 Å². The second-order valence-electron chi connectivity index (χ2n) is 11.9. The van der Waals surface area contributed by atoms with Crippen molar-refractivity contribution >= 4 is 11.9 Å². The van der Waals surface area contributed by atoms with Gasteiger partial charge in [0.2, 0.25) is 0 Å². The summed E-state index contributed by atoms with van der Waals surface area (Å²) in [4.78, 5) is 24.0. The van der Waals surface area contributed by atoms with Gasteiger partial charge in [-0.15, -0.1) is 0 Å². The van der Waals surface area contributed by atoms with Crippen LogP contribution in [0.4, 0.5) is 0 Å². The molecule has 178 valence electrons. The molecule has 0 saturated heterocycles. The average molecular weight is 445 g/mol. The van der Waals surface area contributed by atoms with Crippen molar-refractivity contribution in [2.75, 3.05) is 6.61 Å². The normalized spacial score (nSPS) is 47.6. The van der Waals surface area contributed by atoms with Crippen LogP contribution in [0.1, 0.15) is 91.9 Å². The van der Waals surface area contributed by atoms with E-state index in [-0.39, 0.29) is 29.1 Å². The summed E-state index contributed by atoms with van der Waals surface area (Å²) in [6.45, 7) is 9.04. The molecule has 0 radical (unpaired) electrons. The van der Waals surface area contributed by atoms with Crippen LogP contribution in [-0.4, -0.2) is 30.3 Å². The van der Waals surface area contributed by atoms with Crippen molar-refractivity contribution in [3.8, 4) is 0 Å². The van der Waals surface area contributed by atoms with E-state index in [0.29, 0.717) is 23.9 Å². The zero-order valence-corrected chi connectivity index (χ0v) is 20.3. The molecule has 1 heterocycles. The van der Waals surface area contributed by atoms with Crippen LogP contribution in [0.2, 0.25) is 0 Å². The molecule has 5 nitrogen and oxygen atoms in total. The Labute approximate surface area is 192 Å². The molecule has 8 atom stereocenters. The lowest BCUT2D eigenvalue weighted by Crippen LogP contribution is -2.57. The molecule has 0 N–H and O–H groups in total. The quantitative estimate of drug-likeness (QED) is 0.533. The van der Waals surface area contributed by atoms with Gasteiger partial charge in [-0.05, 0) is 93.8 Å². The fourth-order valence-corrected chi connectivity index (χ4v) is 8.96. The van der Waals surface area contributed by atoms with Crippen molar-refractivity contribution in [1.29, 1.82) is 0 Å². The van der Waals surface area contributed by atoms with Crippen LogP contribution in [0, 0.1) is 34.5 Å². The minimum Gasteiger partial charge on any atom is -0.498 e.